The van der Waals surface area contributed by atoms with Crippen LogP contribution in [0, 0.1) is 0 Å². The van der Waals surface area contributed by atoms with Gasteiger partial charge in [-0.05, 0) is 42.0 Å². The summed E-state index contributed by atoms with van der Waals surface area (Å²) >= 11 is 8.40. The molecule has 2 aromatic rings. The van der Waals surface area contributed by atoms with Crippen molar-refractivity contribution in [1.82, 2.24) is 0 Å². The lowest BCUT2D eigenvalue weighted by Crippen LogP contribution is -2.34. The molecule has 0 amide bonds. The zero-order valence-corrected chi connectivity index (χ0v) is 17.8. The van der Waals surface area contributed by atoms with Crippen LogP contribution in [0.5, 0.6) is 11.5 Å². The van der Waals surface area contributed by atoms with Gasteiger partial charge >= 0.3 is 0 Å². The minimum atomic E-state index is -0.538. The second-order valence-corrected chi connectivity index (χ2v) is 8.63. The Morgan fingerprint density at radius 1 is 1.10 bits per heavy atom. The van der Waals surface area contributed by atoms with Crippen molar-refractivity contribution in [3.05, 3.63) is 52.0 Å². The zero-order chi connectivity index (χ0) is 20.4. The third kappa shape index (κ3) is 4.52. The summed E-state index contributed by atoms with van der Waals surface area (Å²) < 4.78 is 17.8. The Bertz CT molecular complexity index is 857. The van der Waals surface area contributed by atoms with Gasteiger partial charge in [-0.2, -0.15) is 0 Å². The van der Waals surface area contributed by atoms with E-state index in [4.69, 9.17) is 25.8 Å². The topological polar surface area (TPSA) is 68.2 Å². The summed E-state index contributed by atoms with van der Waals surface area (Å²) in [5, 5.41) is 20.3. The van der Waals surface area contributed by atoms with Crippen LogP contribution in [0.3, 0.4) is 0 Å². The molecule has 5 nitrogen and oxygen atoms in total. The maximum Gasteiger partial charge on any atom is 0.180 e. The van der Waals surface area contributed by atoms with Crippen molar-refractivity contribution in [2.45, 2.75) is 42.5 Å². The van der Waals surface area contributed by atoms with E-state index in [1.807, 2.05) is 6.07 Å². The molecule has 3 unspecified atom stereocenters. The number of rotatable bonds is 5. The van der Waals surface area contributed by atoms with Crippen LogP contribution < -0.4 is 9.47 Å². The lowest BCUT2D eigenvalue weighted by atomic mass is 9.92. The molecule has 0 bridgehead atoms. The van der Waals surface area contributed by atoms with E-state index < -0.39 is 12.2 Å². The number of benzene rings is 2. The molecule has 7 heteroatoms. The van der Waals surface area contributed by atoms with E-state index in [-0.39, 0.29) is 12.7 Å². The average Bonchev–Trinajstić information content (AvgIpc) is 2.75. The molecular formula is C22H25ClO5S. The van der Waals surface area contributed by atoms with E-state index in [2.05, 4.69) is 30.5 Å². The highest BCUT2D eigenvalue weighted by Crippen LogP contribution is 2.47. The highest BCUT2D eigenvalue weighted by Gasteiger charge is 2.34. The first-order valence-corrected chi connectivity index (χ1v) is 11.4. The predicted octanol–water partition coefficient (Wildman–Crippen LogP) is 4.00. The van der Waals surface area contributed by atoms with Gasteiger partial charge in [0.05, 0.1) is 29.9 Å². The Balaban J connectivity index is 1.71. The predicted molar refractivity (Wildman–Crippen MR) is 113 cm³/mol. The van der Waals surface area contributed by atoms with E-state index in [9.17, 15) is 10.2 Å². The third-order valence-corrected chi connectivity index (χ3v) is 6.50. The molecule has 1 fully saturated rings. The molecule has 1 saturated heterocycles. The van der Waals surface area contributed by atoms with E-state index in [0.29, 0.717) is 49.0 Å². The highest BCUT2D eigenvalue weighted by molar-refractivity contribution is 7.98. The monoisotopic (exact) mass is 436 g/mol. The van der Waals surface area contributed by atoms with Gasteiger partial charge in [0, 0.05) is 23.3 Å². The van der Waals surface area contributed by atoms with E-state index >= 15 is 0 Å². The van der Waals surface area contributed by atoms with Crippen LogP contribution in [-0.2, 0) is 11.2 Å². The van der Waals surface area contributed by atoms with Gasteiger partial charge in [-0.25, -0.2) is 0 Å². The Kier molecular flexibility index (Phi) is 6.56. The van der Waals surface area contributed by atoms with Gasteiger partial charge < -0.3 is 24.4 Å². The molecule has 156 valence electrons. The van der Waals surface area contributed by atoms with Gasteiger partial charge in [0.15, 0.2) is 11.5 Å². The molecular weight excluding hydrogens is 412 g/mol. The number of ether oxygens (including phenoxy) is 3. The summed E-state index contributed by atoms with van der Waals surface area (Å²) in [6.07, 6.45) is 2.24. The molecule has 4 rings (SSSR count). The first-order chi connectivity index (χ1) is 14.1. The quantitative estimate of drug-likeness (QED) is 0.690. The highest BCUT2D eigenvalue weighted by atomic mass is 35.5. The van der Waals surface area contributed by atoms with Gasteiger partial charge in [0.1, 0.15) is 13.2 Å². The van der Waals surface area contributed by atoms with Gasteiger partial charge in [-0.15, -0.1) is 11.8 Å². The van der Waals surface area contributed by atoms with E-state index in [0.717, 1.165) is 16.7 Å². The van der Waals surface area contributed by atoms with E-state index in [1.165, 1.54) is 4.90 Å². The minimum absolute atomic E-state index is 0.130. The number of thioether (sulfide) groups is 1. The summed E-state index contributed by atoms with van der Waals surface area (Å²) in [6.45, 7) is 0.741. The van der Waals surface area contributed by atoms with Crippen LogP contribution in [0.1, 0.15) is 35.6 Å². The summed E-state index contributed by atoms with van der Waals surface area (Å²) in [7, 11) is 0. The molecule has 2 aliphatic rings. The number of aliphatic hydroxyl groups is 2. The van der Waals surface area contributed by atoms with Gasteiger partial charge in [-0.1, -0.05) is 23.7 Å². The van der Waals surface area contributed by atoms with Crippen LogP contribution in [0.4, 0.5) is 0 Å². The van der Waals surface area contributed by atoms with Gasteiger partial charge in [0.2, 0.25) is 0 Å². The van der Waals surface area contributed by atoms with Crippen molar-refractivity contribution < 1.29 is 24.4 Å². The number of aliphatic hydroxyl groups excluding tert-OH is 2. The van der Waals surface area contributed by atoms with Crippen molar-refractivity contribution in [2.24, 2.45) is 0 Å². The van der Waals surface area contributed by atoms with Crippen molar-refractivity contribution in [3.63, 3.8) is 0 Å². The number of hydrogen-bond acceptors (Lipinski definition) is 6. The largest absolute Gasteiger partial charge is 0.486 e. The number of hydrogen-bond donors (Lipinski definition) is 2. The summed E-state index contributed by atoms with van der Waals surface area (Å²) in [5.74, 6) is 1.12. The normalized spacial score (nSPS) is 23.8. The van der Waals surface area contributed by atoms with Crippen LogP contribution in [0.15, 0.2) is 35.2 Å². The first kappa shape index (κ1) is 20.8. The SMILES string of the molecule is CSc1ccc(Cc2cc(C3CC(O)CC(CO)O3)c3c(c2Cl)OCCO3)cc1. The van der Waals surface area contributed by atoms with Crippen molar-refractivity contribution in [2.75, 3.05) is 26.1 Å². The summed E-state index contributed by atoms with van der Waals surface area (Å²) in [4.78, 5) is 1.21. The summed E-state index contributed by atoms with van der Waals surface area (Å²) in [6, 6.07) is 10.4. The molecule has 0 aromatic heterocycles. The fraction of sp³-hybridized carbons (Fsp3) is 0.455. The fourth-order valence-corrected chi connectivity index (χ4v) is 4.57. The zero-order valence-electron chi connectivity index (χ0n) is 16.3. The van der Waals surface area contributed by atoms with Crippen LogP contribution in [0.25, 0.3) is 0 Å². The molecule has 0 aliphatic carbocycles. The Hall–Kier alpha value is -1.44. The minimum Gasteiger partial charge on any atom is -0.486 e. The lowest BCUT2D eigenvalue weighted by Gasteiger charge is -2.34. The second kappa shape index (κ2) is 9.14. The number of halogens is 1. The summed E-state index contributed by atoms with van der Waals surface area (Å²) in [5.41, 5.74) is 2.88. The first-order valence-electron chi connectivity index (χ1n) is 9.77. The van der Waals surface area contributed by atoms with Gasteiger partial charge in [-0.3, -0.25) is 0 Å². The lowest BCUT2D eigenvalue weighted by molar-refractivity contribution is -0.114. The van der Waals surface area contributed by atoms with Crippen LogP contribution >= 0.6 is 23.4 Å². The smallest absolute Gasteiger partial charge is 0.180 e. The molecule has 29 heavy (non-hydrogen) atoms. The third-order valence-electron chi connectivity index (χ3n) is 5.34. The maximum atomic E-state index is 10.3. The Morgan fingerprint density at radius 2 is 1.83 bits per heavy atom. The maximum absolute atomic E-state index is 10.3. The fourth-order valence-electron chi connectivity index (χ4n) is 3.90. The molecule has 2 aliphatic heterocycles. The average molecular weight is 437 g/mol. The van der Waals surface area contributed by atoms with Crippen molar-refractivity contribution in [3.8, 4) is 11.5 Å². The van der Waals surface area contributed by atoms with Gasteiger partial charge in [0.25, 0.3) is 0 Å². The molecule has 0 spiro atoms. The van der Waals surface area contributed by atoms with Crippen LogP contribution in [0.2, 0.25) is 5.02 Å². The second-order valence-electron chi connectivity index (χ2n) is 7.37. The Morgan fingerprint density at radius 3 is 2.52 bits per heavy atom. The standard InChI is InChI=1S/C22H25ClO5S/c1-29-17-4-2-13(3-5-17)8-14-9-18(19-11-15(25)10-16(12-24)28-19)21-22(20(14)23)27-7-6-26-21/h2-5,9,15-16,19,24-25H,6-8,10-12H2,1H3. The number of fused-ring (bicyclic) bond motifs is 1. The Labute approximate surface area is 179 Å². The molecule has 2 heterocycles. The van der Waals surface area contributed by atoms with Crippen molar-refractivity contribution >= 4 is 23.4 Å². The molecule has 2 N–H and O–H groups in total. The molecule has 0 saturated carbocycles. The molecule has 0 radical (unpaired) electrons. The molecule has 3 atom stereocenters. The van der Waals surface area contributed by atoms with Crippen LogP contribution in [-0.4, -0.2) is 48.5 Å². The van der Waals surface area contributed by atoms with E-state index in [1.54, 1.807) is 11.8 Å². The molecule has 2 aromatic carbocycles. The van der Waals surface area contributed by atoms with Crippen molar-refractivity contribution in [1.29, 1.82) is 0 Å².